The average Bonchev–Trinajstić information content (AvgIpc) is 2.39. The Morgan fingerprint density at radius 2 is 2.17 bits per heavy atom. The van der Waals surface area contributed by atoms with Gasteiger partial charge in [0.25, 0.3) is 0 Å². The molecule has 4 N–H and O–H groups in total. The van der Waals surface area contributed by atoms with Crippen molar-refractivity contribution in [1.82, 2.24) is 10.2 Å². The Morgan fingerprint density at radius 1 is 1.50 bits per heavy atom. The number of rotatable bonds is 3. The summed E-state index contributed by atoms with van der Waals surface area (Å²) in [6.45, 7) is 4.28. The van der Waals surface area contributed by atoms with E-state index in [0.29, 0.717) is 6.54 Å². The van der Waals surface area contributed by atoms with Crippen LogP contribution in [0.15, 0.2) is 24.3 Å². The van der Waals surface area contributed by atoms with Crippen LogP contribution in [0.2, 0.25) is 0 Å². The van der Waals surface area contributed by atoms with Crippen molar-refractivity contribution in [3.05, 3.63) is 29.8 Å². The summed E-state index contributed by atoms with van der Waals surface area (Å²) in [6.07, 6.45) is 0. The monoisotopic (exact) mass is 249 g/mol. The Labute approximate surface area is 107 Å². The van der Waals surface area contributed by atoms with Gasteiger partial charge >= 0.3 is 0 Å². The molecule has 0 radical (unpaired) electrons. The molecule has 2 unspecified atom stereocenters. The molecule has 2 rings (SSSR count). The van der Waals surface area contributed by atoms with Crippen LogP contribution >= 0.6 is 0 Å². The molecule has 5 nitrogen and oxygen atoms in total. The van der Waals surface area contributed by atoms with Crippen molar-refractivity contribution in [3.63, 3.8) is 0 Å². The number of nitrogens with two attached hydrogens (primary N) is 1. The van der Waals surface area contributed by atoms with E-state index in [1.54, 1.807) is 12.1 Å². The molecule has 0 aliphatic carbocycles. The number of amides is 1. The molecule has 1 saturated heterocycles. The number of aromatic hydroxyl groups is 1. The van der Waals surface area contributed by atoms with Gasteiger partial charge in [0.1, 0.15) is 11.8 Å². The fourth-order valence-corrected chi connectivity index (χ4v) is 2.39. The first-order chi connectivity index (χ1) is 8.59. The van der Waals surface area contributed by atoms with E-state index in [2.05, 4.69) is 10.2 Å². The summed E-state index contributed by atoms with van der Waals surface area (Å²) < 4.78 is 0. The van der Waals surface area contributed by atoms with E-state index in [0.717, 1.165) is 18.7 Å². The Balaban J connectivity index is 2.17. The molecule has 0 saturated carbocycles. The third-order valence-electron chi connectivity index (χ3n) is 3.49. The van der Waals surface area contributed by atoms with Gasteiger partial charge in [0.15, 0.2) is 0 Å². The molecule has 1 fully saturated rings. The molecule has 0 spiro atoms. The van der Waals surface area contributed by atoms with Crippen LogP contribution < -0.4 is 11.1 Å². The summed E-state index contributed by atoms with van der Waals surface area (Å²) in [5.74, 6) is -0.0504. The summed E-state index contributed by atoms with van der Waals surface area (Å²) >= 11 is 0. The van der Waals surface area contributed by atoms with E-state index in [-0.39, 0.29) is 23.7 Å². The molecule has 1 heterocycles. The van der Waals surface area contributed by atoms with Crippen molar-refractivity contribution in [2.75, 3.05) is 19.6 Å². The predicted molar refractivity (Wildman–Crippen MR) is 69.1 cm³/mol. The maximum Gasteiger partial charge on any atom is 0.236 e. The van der Waals surface area contributed by atoms with E-state index in [1.165, 1.54) is 0 Å². The summed E-state index contributed by atoms with van der Waals surface area (Å²) in [4.78, 5) is 13.6. The van der Waals surface area contributed by atoms with Gasteiger partial charge in [-0.3, -0.25) is 9.69 Å². The molecule has 1 aliphatic rings. The van der Waals surface area contributed by atoms with Crippen LogP contribution in [0.1, 0.15) is 18.5 Å². The van der Waals surface area contributed by atoms with Crippen LogP contribution in [-0.4, -0.2) is 41.6 Å². The molecular weight excluding hydrogens is 230 g/mol. The number of nitrogens with zero attached hydrogens (tertiary/aromatic N) is 1. The molecule has 5 heteroatoms. The number of piperazine rings is 1. The van der Waals surface area contributed by atoms with E-state index in [1.807, 2.05) is 19.1 Å². The smallest absolute Gasteiger partial charge is 0.236 e. The van der Waals surface area contributed by atoms with Gasteiger partial charge in [-0.25, -0.2) is 0 Å². The number of hydrogen-bond donors (Lipinski definition) is 3. The van der Waals surface area contributed by atoms with E-state index < -0.39 is 0 Å². The summed E-state index contributed by atoms with van der Waals surface area (Å²) in [7, 11) is 0. The minimum Gasteiger partial charge on any atom is -0.508 e. The van der Waals surface area contributed by atoms with E-state index >= 15 is 0 Å². The van der Waals surface area contributed by atoms with Crippen LogP contribution in [0.4, 0.5) is 0 Å². The van der Waals surface area contributed by atoms with Crippen molar-refractivity contribution in [2.45, 2.75) is 19.0 Å². The predicted octanol–water partition coefficient (Wildman–Crippen LogP) is 0.212. The third kappa shape index (κ3) is 2.63. The first-order valence-electron chi connectivity index (χ1n) is 6.14. The fraction of sp³-hybridized carbons (Fsp3) is 0.462. The van der Waals surface area contributed by atoms with Crippen LogP contribution in [0.25, 0.3) is 0 Å². The second kappa shape index (κ2) is 5.37. The van der Waals surface area contributed by atoms with Gasteiger partial charge in [0, 0.05) is 25.7 Å². The van der Waals surface area contributed by atoms with Crippen molar-refractivity contribution >= 4 is 5.91 Å². The molecule has 98 valence electrons. The first kappa shape index (κ1) is 12.9. The number of nitrogens with one attached hydrogen (secondary N) is 1. The molecule has 18 heavy (non-hydrogen) atoms. The SMILES string of the molecule is CC(c1ccc(O)cc1)N1CCNCC1C(N)=O. The number of hydrogen-bond acceptors (Lipinski definition) is 4. The van der Waals surface area contributed by atoms with E-state index in [9.17, 15) is 9.90 Å². The highest BCUT2D eigenvalue weighted by Crippen LogP contribution is 2.24. The maximum absolute atomic E-state index is 11.5. The van der Waals surface area contributed by atoms with Gasteiger partial charge in [0.05, 0.1) is 0 Å². The van der Waals surface area contributed by atoms with Crippen LogP contribution in [0, 0.1) is 0 Å². The molecule has 2 atom stereocenters. The maximum atomic E-state index is 11.5. The first-order valence-corrected chi connectivity index (χ1v) is 6.14. The minimum atomic E-state index is -0.298. The lowest BCUT2D eigenvalue weighted by molar-refractivity contribution is -0.124. The average molecular weight is 249 g/mol. The lowest BCUT2D eigenvalue weighted by Crippen LogP contribution is -2.57. The second-order valence-electron chi connectivity index (χ2n) is 4.63. The van der Waals surface area contributed by atoms with Gasteiger partial charge in [-0.15, -0.1) is 0 Å². The molecule has 1 aromatic carbocycles. The Bertz CT molecular complexity index is 419. The fourth-order valence-electron chi connectivity index (χ4n) is 2.39. The minimum absolute atomic E-state index is 0.102. The van der Waals surface area contributed by atoms with Gasteiger partial charge < -0.3 is 16.2 Å². The largest absolute Gasteiger partial charge is 0.508 e. The highest BCUT2D eigenvalue weighted by molar-refractivity contribution is 5.80. The molecule has 1 amide bonds. The zero-order valence-electron chi connectivity index (χ0n) is 10.5. The van der Waals surface area contributed by atoms with Gasteiger partial charge in [-0.05, 0) is 24.6 Å². The quantitative estimate of drug-likeness (QED) is 0.715. The van der Waals surface area contributed by atoms with Crippen molar-refractivity contribution in [2.24, 2.45) is 5.73 Å². The highest BCUT2D eigenvalue weighted by atomic mass is 16.3. The van der Waals surface area contributed by atoms with Crippen LogP contribution in [-0.2, 0) is 4.79 Å². The van der Waals surface area contributed by atoms with Gasteiger partial charge in [-0.1, -0.05) is 12.1 Å². The zero-order valence-corrected chi connectivity index (χ0v) is 10.5. The molecule has 0 aromatic heterocycles. The van der Waals surface area contributed by atoms with Crippen LogP contribution in [0.5, 0.6) is 5.75 Å². The van der Waals surface area contributed by atoms with Crippen molar-refractivity contribution in [1.29, 1.82) is 0 Å². The number of carbonyl (C=O) groups excluding carboxylic acids is 1. The Hall–Kier alpha value is -1.59. The molecule has 1 aliphatic heterocycles. The lowest BCUT2D eigenvalue weighted by Gasteiger charge is -2.38. The second-order valence-corrected chi connectivity index (χ2v) is 4.63. The standard InChI is InChI=1S/C13H19N3O2/c1-9(10-2-4-11(17)5-3-10)16-7-6-15-8-12(16)13(14)18/h2-5,9,12,15,17H,6-8H2,1H3,(H2,14,18). The molecule has 1 aromatic rings. The molecular formula is C13H19N3O2. The van der Waals surface area contributed by atoms with Crippen molar-refractivity contribution in [3.8, 4) is 5.75 Å². The van der Waals surface area contributed by atoms with E-state index in [4.69, 9.17) is 5.73 Å². The Kier molecular flexibility index (Phi) is 3.84. The summed E-state index contributed by atoms with van der Waals surface area (Å²) in [5, 5.41) is 12.5. The third-order valence-corrected chi connectivity index (χ3v) is 3.49. The Morgan fingerprint density at radius 3 is 2.78 bits per heavy atom. The summed E-state index contributed by atoms with van der Waals surface area (Å²) in [5.41, 5.74) is 6.51. The summed E-state index contributed by atoms with van der Waals surface area (Å²) in [6, 6.07) is 6.90. The number of phenolic OH excluding ortho intramolecular Hbond substituents is 1. The number of phenols is 1. The zero-order chi connectivity index (χ0) is 13.1. The van der Waals surface area contributed by atoms with Crippen LogP contribution in [0.3, 0.4) is 0 Å². The lowest BCUT2D eigenvalue weighted by atomic mass is 10.0. The van der Waals surface area contributed by atoms with Gasteiger partial charge in [0.2, 0.25) is 5.91 Å². The topological polar surface area (TPSA) is 78.6 Å². The highest BCUT2D eigenvalue weighted by Gasteiger charge is 2.30. The van der Waals surface area contributed by atoms with Crippen molar-refractivity contribution < 1.29 is 9.90 Å². The normalized spacial score (nSPS) is 22.6. The number of benzene rings is 1. The number of carbonyl (C=O) groups is 1. The van der Waals surface area contributed by atoms with Gasteiger partial charge in [-0.2, -0.15) is 0 Å². The molecule has 0 bridgehead atoms. The number of primary amides is 1.